The highest BCUT2D eigenvalue weighted by molar-refractivity contribution is 7.80. The molecule has 1 aliphatic carbocycles. The van der Waals surface area contributed by atoms with Crippen LogP contribution in [0.4, 0.5) is 5.69 Å². The predicted molar refractivity (Wildman–Crippen MR) is 148 cm³/mol. The molecule has 1 N–H and O–H groups in total. The third-order valence-corrected chi connectivity index (χ3v) is 8.46. The van der Waals surface area contributed by atoms with Crippen LogP contribution in [0.15, 0.2) is 54.7 Å². The molecule has 4 heterocycles. The molecule has 6 rings (SSSR count). The lowest BCUT2D eigenvalue weighted by Crippen LogP contribution is -2.37. The van der Waals surface area contributed by atoms with Crippen LogP contribution in [-0.4, -0.2) is 51.9 Å². The van der Waals surface area contributed by atoms with Gasteiger partial charge < -0.3 is 24.4 Å². The number of aryl methyl sites for hydroxylation is 1. The Labute approximate surface area is 219 Å². The van der Waals surface area contributed by atoms with E-state index in [1.807, 2.05) is 12.3 Å². The highest BCUT2D eigenvalue weighted by Crippen LogP contribution is 2.44. The van der Waals surface area contributed by atoms with Crippen molar-refractivity contribution in [2.24, 2.45) is 0 Å². The number of rotatable bonds is 5. The van der Waals surface area contributed by atoms with Crippen molar-refractivity contribution >= 4 is 23.0 Å². The zero-order valence-corrected chi connectivity index (χ0v) is 22.0. The van der Waals surface area contributed by atoms with Gasteiger partial charge in [-0.15, -0.1) is 0 Å². The third-order valence-electron chi connectivity index (χ3n) is 8.13. The summed E-state index contributed by atoms with van der Waals surface area (Å²) in [7, 11) is 0. The number of pyridine rings is 1. The molecule has 6 nitrogen and oxygen atoms in total. The van der Waals surface area contributed by atoms with Crippen LogP contribution in [0.5, 0.6) is 0 Å². The molecule has 188 valence electrons. The zero-order valence-electron chi connectivity index (χ0n) is 21.2. The summed E-state index contributed by atoms with van der Waals surface area (Å²) in [6.45, 7) is 7.96. The number of anilines is 1. The lowest BCUT2D eigenvalue weighted by atomic mass is 9.95. The van der Waals surface area contributed by atoms with Crippen LogP contribution < -0.4 is 10.2 Å². The fourth-order valence-corrected chi connectivity index (χ4v) is 6.78. The molecular formula is C29H35N5OS. The van der Waals surface area contributed by atoms with Crippen LogP contribution in [0.3, 0.4) is 0 Å². The highest BCUT2D eigenvalue weighted by atomic mass is 32.1. The number of morpholine rings is 1. The van der Waals surface area contributed by atoms with Crippen LogP contribution in [0, 0.1) is 13.8 Å². The summed E-state index contributed by atoms with van der Waals surface area (Å²) in [6.07, 6.45) is 6.84. The van der Waals surface area contributed by atoms with Crippen molar-refractivity contribution in [2.45, 2.75) is 57.7 Å². The van der Waals surface area contributed by atoms with Gasteiger partial charge in [0.15, 0.2) is 5.11 Å². The molecule has 1 aromatic carbocycles. The SMILES string of the molecule is Cc1cc([C@H]2[C@@H](c3ccccn3)NC(=S)N2C2CCCC2)c(C)n1-c1ccc(N2CCOCC2)cc1. The minimum absolute atomic E-state index is 0.0388. The molecule has 3 aromatic rings. The molecule has 0 bridgehead atoms. The minimum Gasteiger partial charge on any atom is -0.378 e. The van der Waals surface area contributed by atoms with Gasteiger partial charge in [-0.1, -0.05) is 18.9 Å². The highest BCUT2D eigenvalue weighted by Gasteiger charge is 2.44. The molecule has 0 spiro atoms. The Morgan fingerprint density at radius 1 is 0.972 bits per heavy atom. The van der Waals surface area contributed by atoms with E-state index in [2.05, 4.69) is 76.0 Å². The Morgan fingerprint density at radius 3 is 2.39 bits per heavy atom. The van der Waals surface area contributed by atoms with E-state index in [-0.39, 0.29) is 12.1 Å². The average Bonchev–Trinajstić information content (AvgIpc) is 3.63. The predicted octanol–water partition coefficient (Wildman–Crippen LogP) is 5.24. The van der Waals surface area contributed by atoms with Gasteiger partial charge in [0.2, 0.25) is 0 Å². The van der Waals surface area contributed by atoms with Crippen molar-refractivity contribution in [2.75, 3.05) is 31.2 Å². The Morgan fingerprint density at radius 2 is 1.69 bits per heavy atom. The maximum atomic E-state index is 5.95. The van der Waals surface area contributed by atoms with Crippen molar-refractivity contribution in [3.05, 3.63) is 77.4 Å². The van der Waals surface area contributed by atoms with Crippen molar-refractivity contribution in [3.8, 4) is 5.69 Å². The fourth-order valence-electron chi connectivity index (χ4n) is 6.39. The largest absolute Gasteiger partial charge is 0.378 e. The summed E-state index contributed by atoms with van der Waals surface area (Å²) < 4.78 is 7.91. The van der Waals surface area contributed by atoms with Gasteiger partial charge in [-0.25, -0.2) is 0 Å². The van der Waals surface area contributed by atoms with E-state index in [0.29, 0.717) is 6.04 Å². The number of benzene rings is 1. The van der Waals surface area contributed by atoms with E-state index < -0.39 is 0 Å². The summed E-state index contributed by atoms with van der Waals surface area (Å²) in [5.41, 5.74) is 7.35. The molecule has 3 fully saturated rings. The van der Waals surface area contributed by atoms with Crippen LogP contribution in [-0.2, 0) is 4.74 Å². The fraction of sp³-hybridized carbons (Fsp3) is 0.448. The number of nitrogens with zero attached hydrogens (tertiary/aromatic N) is 4. The normalized spacial score (nSPS) is 22.9. The number of thiocarbonyl (C=S) groups is 1. The van der Waals surface area contributed by atoms with Crippen molar-refractivity contribution in [1.82, 2.24) is 19.8 Å². The van der Waals surface area contributed by atoms with Crippen LogP contribution >= 0.6 is 12.2 Å². The zero-order chi connectivity index (χ0) is 24.6. The number of aromatic nitrogens is 2. The molecular weight excluding hydrogens is 466 g/mol. The molecule has 0 amide bonds. The topological polar surface area (TPSA) is 45.6 Å². The molecule has 2 saturated heterocycles. The van der Waals surface area contributed by atoms with Crippen LogP contribution in [0.25, 0.3) is 5.69 Å². The average molecular weight is 502 g/mol. The summed E-state index contributed by atoms with van der Waals surface area (Å²) in [4.78, 5) is 9.63. The lowest BCUT2D eigenvalue weighted by Gasteiger charge is -2.33. The first-order valence-electron chi connectivity index (χ1n) is 13.2. The quantitative estimate of drug-likeness (QED) is 0.483. The maximum Gasteiger partial charge on any atom is 0.170 e. The van der Waals surface area contributed by atoms with Gasteiger partial charge in [-0.2, -0.15) is 0 Å². The first-order valence-corrected chi connectivity index (χ1v) is 13.6. The van der Waals surface area contributed by atoms with Crippen molar-refractivity contribution in [1.29, 1.82) is 0 Å². The Bertz CT molecular complexity index is 1210. The van der Waals surface area contributed by atoms with Gasteiger partial charge in [-0.3, -0.25) is 4.98 Å². The second-order valence-electron chi connectivity index (χ2n) is 10.2. The van der Waals surface area contributed by atoms with E-state index in [1.54, 1.807) is 0 Å². The van der Waals surface area contributed by atoms with Gasteiger partial charge in [0.25, 0.3) is 0 Å². The number of hydrogen-bond acceptors (Lipinski definition) is 4. The molecule has 2 aliphatic heterocycles. The molecule has 0 radical (unpaired) electrons. The van der Waals surface area contributed by atoms with Crippen molar-refractivity contribution < 1.29 is 4.74 Å². The molecule has 0 unspecified atom stereocenters. The van der Waals surface area contributed by atoms with E-state index in [1.165, 1.54) is 54.0 Å². The van der Waals surface area contributed by atoms with Crippen LogP contribution in [0.2, 0.25) is 0 Å². The Balaban J connectivity index is 1.38. The van der Waals surface area contributed by atoms with E-state index in [4.69, 9.17) is 21.9 Å². The summed E-state index contributed by atoms with van der Waals surface area (Å²) in [5.74, 6) is 0. The number of hydrogen-bond donors (Lipinski definition) is 1. The van der Waals surface area contributed by atoms with Crippen molar-refractivity contribution in [3.63, 3.8) is 0 Å². The Kier molecular flexibility index (Phi) is 6.44. The van der Waals surface area contributed by atoms with Gasteiger partial charge >= 0.3 is 0 Å². The minimum atomic E-state index is 0.0388. The molecule has 7 heteroatoms. The number of nitrogens with one attached hydrogen (secondary N) is 1. The van der Waals surface area contributed by atoms with Gasteiger partial charge in [0.05, 0.1) is 31.0 Å². The number of ether oxygens (including phenoxy) is 1. The van der Waals surface area contributed by atoms with Gasteiger partial charge in [0.1, 0.15) is 0 Å². The summed E-state index contributed by atoms with van der Waals surface area (Å²) in [5, 5.41) is 4.52. The lowest BCUT2D eigenvalue weighted by molar-refractivity contribution is 0.122. The Hall–Kier alpha value is -2.90. The maximum absolute atomic E-state index is 5.95. The second kappa shape index (κ2) is 9.87. The molecule has 2 aromatic heterocycles. The third kappa shape index (κ3) is 4.18. The van der Waals surface area contributed by atoms with Crippen LogP contribution in [0.1, 0.15) is 60.4 Å². The van der Waals surface area contributed by atoms with Gasteiger partial charge in [-0.05, 0) is 86.9 Å². The monoisotopic (exact) mass is 501 g/mol. The van der Waals surface area contributed by atoms with E-state index in [0.717, 1.165) is 37.1 Å². The molecule has 2 atom stereocenters. The smallest absolute Gasteiger partial charge is 0.170 e. The first kappa shape index (κ1) is 23.5. The van der Waals surface area contributed by atoms with E-state index in [9.17, 15) is 0 Å². The molecule has 3 aliphatic rings. The van der Waals surface area contributed by atoms with Gasteiger partial charge in [0, 0.05) is 48.1 Å². The molecule has 1 saturated carbocycles. The van der Waals surface area contributed by atoms with E-state index >= 15 is 0 Å². The second-order valence-corrected chi connectivity index (χ2v) is 10.6. The molecule has 36 heavy (non-hydrogen) atoms. The summed E-state index contributed by atoms with van der Waals surface area (Å²) in [6, 6.07) is 18.2. The first-order chi connectivity index (χ1) is 17.6. The standard InChI is InChI=1S/C29H35N5OS/c1-20-19-25(21(2)33(20)24-12-10-22(11-13-24)32-15-17-35-18-16-32)28-27(26-9-5-6-14-30-26)31-29(36)34(28)23-7-3-4-8-23/h5-6,9-14,19,23,27-28H,3-4,7-8,15-18H2,1-2H3,(H,31,36)/t27-,28+/m1/s1. The summed E-state index contributed by atoms with van der Waals surface area (Å²) >= 11 is 5.95.